The van der Waals surface area contributed by atoms with E-state index in [1.807, 2.05) is 46.8 Å². The minimum absolute atomic E-state index is 0.222. The van der Waals surface area contributed by atoms with Gasteiger partial charge in [-0.3, -0.25) is 0 Å². The van der Waals surface area contributed by atoms with Crippen LogP contribution < -0.4 is 14.9 Å². The van der Waals surface area contributed by atoms with E-state index in [4.69, 9.17) is 23.3 Å². The van der Waals surface area contributed by atoms with Crippen LogP contribution in [0.1, 0.15) is 39.1 Å². The van der Waals surface area contributed by atoms with Crippen molar-refractivity contribution in [3.8, 4) is 11.6 Å². The fourth-order valence-electron chi connectivity index (χ4n) is 2.43. The van der Waals surface area contributed by atoms with Gasteiger partial charge < -0.3 is 23.3 Å². The van der Waals surface area contributed by atoms with Crippen LogP contribution in [0.4, 0.5) is 0 Å². The third-order valence-corrected chi connectivity index (χ3v) is 4.61. The molecule has 0 radical (unpaired) electrons. The van der Waals surface area contributed by atoms with E-state index in [0.717, 1.165) is 11.2 Å². The fraction of sp³-hybridized carbons (Fsp3) is 0.529. The van der Waals surface area contributed by atoms with Crippen LogP contribution >= 0.6 is 0 Å². The highest BCUT2D eigenvalue weighted by atomic mass is 16.7. The van der Waals surface area contributed by atoms with Crippen LogP contribution in [0.3, 0.4) is 0 Å². The first-order valence-electron chi connectivity index (χ1n) is 8.16. The predicted octanol–water partition coefficient (Wildman–Crippen LogP) is 2.26. The molecule has 0 aromatic carbocycles. The van der Waals surface area contributed by atoms with E-state index in [-0.39, 0.29) is 6.61 Å². The Bertz CT molecular complexity index is 743. The molecule has 1 fully saturated rings. The second-order valence-electron chi connectivity index (χ2n) is 7.09. The molecule has 0 atom stereocenters. The molecule has 3 rings (SSSR count). The highest BCUT2D eigenvalue weighted by Crippen LogP contribution is 2.37. The molecule has 2 aromatic rings. The van der Waals surface area contributed by atoms with E-state index in [1.54, 1.807) is 13.3 Å². The topological polar surface area (TPSA) is 75.8 Å². The van der Waals surface area contributed by atoms with Crippen LogP contribution in [0, 0.1) is 6.92 Å². The van der Waals surface area contributed by atoms with Crippen LogP contribution in [0.5, 0.6) is 11.6 Å². The summed E-state index contributed by atoms with van der Waals surface area (Å²) in [6.45, 7) is 10.1. The molecule has 1 aliphatic heterocycles. The van der Waals surface area contributed by atoms with E-state index >= 15 is 0 Å². The van der Waals surface area contributed by atoms with Crippen LogP contribution in [0.25, 0.3) is 0 Å². The zero-order valence-corrected chi connectivity index (χ0v) is 15.5. The molecular weight excluding hydrogens is 323 g/mol. The molecule has 0 unspecified atom stereocenters. The molecule has 0 bridgehead atoms. The quantitative estimate of drug-likeness (QED) is 0.769. The predicted molar refractivity (Wildman–Crippen MR) is 92.1 cm³/mol. The highest BCUT2D eigenvalue weighted by Gasteiger charge is 2.52. The van der Waals surface area contributed by atoms with Crippen LogP contribution in [0.2, 0.25) is 0 Å². The summed E-state index contributed by atoms with van der Waals surface area (Å²) in [6, 6.07) is 3.63. The molecule has 3 heterocycles. The third-order valence-electron chi connectivity index (χ3n) is 4.61. The van der Waals surface area contributed by atoms with Crippen molar-refractivity contribution in [1.82, 2.24) is 10.1 Å². The van der Waals surface area contributed by atoms with Gasteiger partial charge in [-0.15, -0.1) is 0 Å². The van der Waals surface area contributed by atoms with E-state index < -0.39 is 18.3 Å². The second-order valence-corrected chi connectivity index (χ2v) is 7.09. The van der Waals surface area contributed by atoms with Gasteiger partial charge in [0.15, 0.2) is 18.1 Å². The van der Waals surface area contributed by atoms with E-state index in [2.05, 4.69) is 10.1 Å². The maximum atomic E-state index is 6.04. The normalized spacial score (nSPS) is 18.4. The Labute approximate surface area is 147 Å². The van der Waals surface area contributed by atoms with Gasteiger partial charge >= 0.3 is 7.12 Å². The van der Waals surface area contributed by atoms with Gasteiger partial charge in [0, 0.05) is 17.7 Å². The van der Waals surface area contributed by atoms with Gasteiger partial charge in [0.25, 0.3) is 5.88 Å². The van der Waals surface area contributed by atoms with Gasteiger partial charge in [-0.2, -0.15) is 0 Å². The number of ether oxygens (including phenoxy) is 2. The molecular formula is C17H23BN2O5. The minimum atomic E-state index is -0.502. The summed E-state index contributed by atoms with van der Waals surface area (Å²) in [4.78, 5) is 4.34. The number of hydrogen-bond acceptors (Lipinski definition) is 7. The molecule has 1 saturated heterocycles. The Morgan fingerprint density at radius 2 is 1.80 bits per heavy atom. The molecule has 0 saturated carbocycles. The lowest BCUT2D eigenvalue weighted by Gasteiger charge is -2.32. The maximum absolute atomic E-state index is 6.04. The number of methoxy groups -OCH3 is 1. The first-order chi connectivity index (χ1) is 11.7. The van der Waals surface area contributed by atoms with Crippen molar-refractivity contribution in [2.75, 3.05) is 7.11 Å². The minimum Gasteiger partial charge on any atom is -0.491 e. The first-order valence-corrected chi connectivity index (χ1v) is 8.16. The lowest BCUT2D eigenvalue weighted by atomic mass is 9.80. The molecule has 0 N–H and O–H groups in total. The highest BCUT2D eigenvalue weighted by molar-refractivity contribution is 6.62. The molecule has 0 amide bonds. The molecule has 8 heteroatoms. The summed E-state index contributed by atoms with van der Waals surface area (Å²) < 4.78 is 28.3. The van der Waals surface area contributed by atoms with Gasteiger partial charge in [0.1, 0.15) is 0 Å². The molecule has 0 aliphatic carbocycles. The van der Waals surface area contributed by atoms with Gasteiger partial charge in [-0.05, 0) is 40.7 Å². The van der Waals surface area contributed by atoms with E-state index in [0.29, 0.717) is 17.4 Å². The van der Waals surface area contributed by atoms with E-state index in [9.17, 15) is 0 Å². The van der Waals surface area contributed by atoms with Gasteiger partial charge in [0.2, 0.25) is 0 Å². The maximum Gasteiger partial charge on any atom is 0.496 e. The van der Waals surface area contributed by atoms with Crippen molar-refractivity contribution < 1.29 is 23.3 Å². The first kappa shape index (κ1) is 17.8. The summed E-state index contributed by atoms with van der Waals surface area (Å²) in [5, 5.41) is 3.83. The van der Waals surface area contributed by atoms with Crippen molar-refractivity contribution >= 4 is 12.6 Å². The monoisotopic (exact) mass is 346 g/mol. The molecule has 7 nitrogen and oxygen atoms in total. The fourth-order valence-corrected chi connectivity index (χ4v) is 2.43. The van der Waals surface area contributed by atoms with Crippen LogP contribution in [-0.2, 0) is 15.9 Å². The molecule has 25 heavy (non-hydrogen) atoms. The summed E-state index contributed by atoms with van der Waals surface area (Å²) in [7, 11) is 1.06. The Hall–Kier alpha value is -2.06. The van der Waals surface area contributed by atoms with Gasteiger partial charge in [-0.25, -0.2) is 4.98 Å². The van der Waals surface area contributed by atoms with Crippen molar-refractivity contribution in [3.05, 3.63) is 29.8 Å². The summed E-state index contributed by atoms with van der Waals surface area (Å²) in [5.74, 6) is 1.50. The smallest absolute Gasteiger partial charge is 0.491 e. The average Bonchev–Trinajstić information content (AvgIpc) is 3.05. The average molecular weight is 346 g/mol. The van der Waals surface area contributed by atoms with Crippen LogP contribution in [0.15, 0.2) is 22.9 Å². The lowest BCUT2D eigenvalue weighted by Crippen LogP contribution is -2.41. The molecule has 0 spiro atoms. The number of nitrogens with zero attached hydrogens (tertiary/aromatic N) is 2. The Kier molecular flexibility index (Phi) is 4.51. The molecule has 134 valence electrons. The number of aromatic nitrogens is 2. The largest absolute Gasteiger partial charge is 0.496 e. The van der Waals surface area contributed by atoms with Crippen molar-refractivity contribution in [1.29, 1.82) is 0 Å². The Morgan fingerprint density at radius 3 is 2.36 bits per heavy atom. The third kappa shape index (κ3) is 3.50. The number of rotatable bonds is 5. The van der Waals surface area contributed by atoms with Gasteiger partial charge in [-0.1, -0.05) is 5.16 Å². The molecule has 2 aromatic heterocycles. The summed E-state index contributed by atoms with van der Waals surface area (Å²) >= 11 is 0. The Morgan fingerprint density at radius 1 is 1.12 bits per heavy atom. The zero-order valence-electron chi connectivity index (χ0n) is 15.5. The molecule has 1 aliphatic rings. The van der Waals surface area contributed by atoms with Crippen molar-refractivity contribution in [2.45, 2.75) is 52.4 Å². The van der Waals surface area contributed by atoms with E-state index in [1.165, 1.54) is 0 Å². The SMILES string of the molecule is COc1cc(B2OC(C)(C)C(C)(C)O2)cnc1OCc1cc(C)no1. The number of pyridine rings is 1. The zero-order chi connectivity index (χ0) is 18.2. The lowest BCUT2D eigenvalue weighted by molar-refractivity contribution is 0.00578. The number of hydrogen-bond donors (Lipinski definition) is 0. The standard InChI is InChI=1S/C17H23BN2O5/c1-11-7-13(23-20-11)10-22-15-14(21-6)8-12(9-19-15)18-24-16(2,3)17(4,5)25-18/h7-9H,10H2,1-6H3. The van der Waals surface area contributed by atoms with Crippen LogP contribution in [-0.4, -0.2) is 35.6 Å². The van der Waals surface area contributed by atoms with Crippen molar-refractivity contribution in [3.63, 3.8) is 0 Å². The second kappa shape index (κ2) is 6.35. The summed E-state index contributed by atoms with van der Waals surface area (Å²) in [6.07, 6.45) is 1.67. The van der Waals surface area contributed by atoms with Crippen molar-refractivity contribution in [2.24, 2.45) is 0 Å². The Balaban J connectivity index is 1.76. The van der Waals surface area contributed by atoms with Gasteiger partial charge in [0.05, 0.1) is 24.0 Å². The summed E-state index contributed by atoms with van der Waals surface area (Å²) in [5.41, 5.74) is 0.752. The number of aryl methyl sites for hydroxylation is 1.